The Morgan fingerprint density at radius 3 is 1.44 bits per heavy atom. The van der Waals surface area contributed by atoms with Crippen molar-refractivity contribution in [1.29, 1.82) is 0 Å². The van der Waals surface area contributed by atoms with E-state index in [1.54, 1.807) is 0 Å². The van der Waals surface area contributed by atoms with Gasteiger partial charge in [-0.05, 0) is 13.0 Å². The second-order valence-corrected chi connectivity index (χ2v) is 3.07. The molecule has 0 heterocycles. The van der Waals surface area contributed by atoms with Crippen LogP contribution in [0.3, 0.4) is 0 Å². The summed E-state index contributed by atoms with van der Waals surface area (Å²) < 4.78 is 0. The third-order valence-corrected chi connectivity index (χ3v) is 1.41. The minimum Gasteiger partial charge on any atom is -0.876 e. The van der Waals surface area contributed by atoms with Crippen molar-refractivity contribution >= 4 is 5.78 Å². The summed E-state index contributed by atoms with van der Waals surface area (Å²) >= 11 is 0. The summed E-state index contributed by atoms with van der Waals surface area (Å²) in [5.74, 6) is 11.8. The molecule has 0 aliphatic heterocycles. The van der Waals surface area contributed by atoms with E-state index >= 15 is 0 Å². The molecule has 0 amide bonds. The molecule has 0 N–H and O–H groups in total. The van der Waals surface area contributed by atoms with Gasteiger partial charge in [-0.1, -0.05) is 6.92 Å². The predicted octanol–water partition coefficient (Wildman–Crippen LogP) is 1.40. The number of carbonyl (C=O) groups is 1. The molecule has 0 bridgehead atoms. The molecule has 1 aliphatic rings. The van der Waals surface area contributed by atoms with Crippen molar-refractivity contribution in [3.63, 3.8) is 0 Å². The van der Waals surface area contributed by atoms with Gasteiger partial charge in [-0.2, -0.15) is 0 Å². The first-order chi connectivity index (χ1) is 7.13. The smallest absolute Gasteiger partial charge is 0.151 e. The summed E-state index contributed by atoms with van der Waals surface area (Å²) in [6.45, 7) is 2.70. The van der Waals surface area contributed by atoms with Crippen molar-refractivity contribution in [1.82, 2.24) is 0 Å². The van der Waals surface area contributed by atoms with Gasteiger partial charge < -0.3 is 5.11 Å². The molecule has 0 fully saturated rings. The van der Waals surface area contributed by atoms with Crippen LogP contribution in [-0.2, 0) is 24.9 Å². The third kappa shape index (κ3) is 15.5. The van der Waals surface area contributed by atoms with Gasteiger partial charge in [-0.25, -0.2) is 0 Å². The topological polar surface area (TPSA) is 40.1 Å². The van der Waals surface area contributed by atoms with Crippen LogP contribution in [0.15, 0.2) is 11.8 Å². The van der Waals surface area contributed by atoms with Crippen LogP contribution < -0.4 is 5.11 Å². The standard InChI is InChI=1S/C8H8.C5H8O2.Ir/c1-2-4-6-8-7-5-3-1;1-4(6)3-5(2)7;/h1-2,7-8H2;3,6H,1-2H3;/p-1. The molecule has 3 heteroatoms. The van der Waals surface area contributed by atoms with E-state index in [1.165, 1.54) is 13.8 Å². The van der Waals surface area contributed by atoms with E-state index < -0.39 is 0 Å². The molecule has 1 rings (SSSR count). The predicted molar refractivity (Wildman–Crippen MR) is 58.5 cm³/mol. The summed E-state index contributed by atoms with van der Waals surface area (Å²) in [6, 6.07) is 0. The molecule has 0 atom stereocenters. The van der Waals surface area contributed by atoms with Gasteiger partial charge >= 0.3 is 0 Å². The quantitative estimate of drug-likeness (QED) is 0.383. The molecule has 0 unspecified atom stereocenters. The van der Waals surface area contributed by atoms with Crippen molar-refractivity contribution in [3.05, 3.63) is 11.8 Å². The minimum absolute atomic E-state index is 0. The van der Waals surface area contributed by atoms with E-state index in [0.717, 1.165) is 31.8 Å². The van der Waals surface area contributed by atoms with Gasteiger partial charge in [0.2, 0.25) is 0 Å². The fraction of sp³-hybridized carbons (Fsp3) is 0.462. The first kappa shape index (κ1) is 17.4. The Kier molecular flexibility index (Phi) is 13.1. The normalized spacial score (nSPS) is 13.0. The van der Waals surface area contributed by atoms with E-state index in [4.69, 9.17) is 0 Å². The van der Waals surface area contributed by atoms with Crippen LogP contribution in [0.25, 0.3) is 0 Å². The fourth-order valence-electron chi connectivity index (χ4n) is 0.890. The molecular weight excluding hydrogens is 380 g/mol. The van der Waals surface area contributed by atoms with Gasteiger partial charge in [0.05, 0.1) is 0 Å². The van der Waals surface area contributed by atoms with Crippen LogP contribution in [0.1, 0.15) is 39.5 Å². The number of hydrogen-bond donors (Lipinski definition) is 0. The number of allylic oxidation sites excluding steroid dienone is 2. The molecule has 1 aliphatic carbocycles. The van der Waals surface area contributed by atoms with Crippen molar-refractivity contribution in [2.75, 3.05) is 0 Å². The Balaban J connectivity index is 0. The average Bonchev–Trinajstić information content (AvgIpc) is 1.99. The minimum atomic E-state index is -0.187. The van der Waals surface area contributed by atoms with Crippen LogP contribution in [0.5, 0.6) is 0 Å². The molecular formula is C13H15IrO2-. The van der Waals surface area contributed by atoms with Crippen molar-refractivity contribution in [2.45, 2.75) is 39.5 Å². The molecule has 0 spiro atoms. The molecule has 0 saturated heterocycles. The Bertz CT molecular complexity index is 306. The van der Waals surface area contributed by atoms with Gasteiger partial charge in [0.25, 0.3) is 0 Å². The summed E-state index contributed by atoms with van der Waals surface area (Å²) in [6.07, 6.45) is 4.92. The van der Waals surface area contributed by atoms with Crippen LogP contribution in [0, 0.1) is 23.7 Å². The zero-order valence-corrected chi connectivity index (χ0v) is 12.0. The molecule has 16 heavy (non-hydrogen) atoms. The van der Waals surface area contributed by atoms with Crippen molar-refractivity contribution in [3.8, 4) is 23.7 Å². The van der Waals surface area contributed by atoms with Gasteiger partial charge in [0.1, 0.15) is 0 Å². The first-order valence-electron chi connectivity index (χ1n) is 4.90. The van der Waals surface area contributed by atoms with Crippen LogP contribution in [0.2, 0.25) is 0 Å². The maximum atomic E-state index is 9.98. The third-order valence-electron chi connectivity index (χ3n) is 1.41. The molecule has 0 aromatic heterocycles. The number of hydrogen-bond acceptors (Lipinski definition) is 2. The summed E-state index contributed by atoms with van der Waals surface area (Å²) in [5.41, 5.74) is 0. The summed E-state index contributed by atoms with van der Waals surface area (Å²) in [4.78, 5) is 9.98. The van der Waals surface area contributed by atoms with Gasteiger partial charge in [0, 0.05) is 45.8 Å². The second kappa shape index (κ2) is 12.1. The van der Waals surface area contributed by atoms with Crippen LogP contribution in [-0.4, -0.2) is 5.78 Å². The molecule has 0 aromatic rings. The first-order valence-corrected chi connectivity index (χ1v) is 4.90. The molecule has 0 saturated carbocycles. The van der Waals surface area contributed by atoms with E-state index in [0.29, 0.717) is 0 Å². The SMILES string of the molecule is C1#CCCC#CCC1.CC(=O)C=C(C)[O-].[Ir]. The van der Waals surface area contributed by atoms with Gasteiger partial charge in [0.15, 0.2) is 5.78 Å². The van der Waals surface area contributed by atoms with Crippen LogP contribution in [0.4, 0.5) is 0 Å². The zero-order valence-electron chi connectivity index (χ0n) is 9.56. The van der Waals surface area contributed by atoms with E-state index in [2.05, 4.69) is 23.7 Å². The van der Waals surface area contributed by atoms with Crippen LogP contribution >= 0.6 is 0 Å². The monoisotopic (exact) mass is 396 g/mol. The van der Waals surface area contributed by atoms with Crippen molar-refractivity contribution < 1.29 is 30.0 Å². The number of rotatable bonds is 1. The molecule has 2 nitrogen and oxygen atoms in total. The fourth-order valence-corrected chi connectivity index (χ4v) is 0.890. The van der Waals surface area contributed by atoms with Gasteiger partial charge in [-0.3, -0.25) is 4.79 Å². The van der Waals surface area contributed by atoms with E-state index in [1.807, 2.05) is 0 Å². The largest absolute Gasteiger partial charge is 0.876 e. The maximum absolute atomic E-state index is 9.98. The molecule has 89 valence electrons. The van der Waals surface area contributed by atoms with Crippen molar-refractivity contribution in [2.24, 2.45) is 0 Å². The molecule has 0 aromatic carbocycles. The second-order valence-electron chi connectivity index (χ2n) is 3.07. The summed E-state index contributed by atoms with van der Waals surface area (Å²) in [7, 11) is 0. The Hall–Kier alpha value is -1.02. The zero-order chi connectivity index (χ0) is 11.5. The number of carbonyl (C=O) groups excluding carboxylic acids is 1. The molecule has 1 radical (unpaired) electrons. The van der Waals surface area contributed by atoms with Gasteiger partial charge in [-0.15, -0.1) is 29.4 Å². The van der Waals surface area contributed by atoms with E-state index in [-0.39, 0.29) is 31.6 Å². The Morgan fingerprint density at radius 1 is 1.00 bits per heavy atom. The maximum Gasteiger partial charge on any atom is 0.151 e. The summed E-state index contributed by atoms with van der Waals surface area (Å²) in [5, 5.41) is 9.98. The Labute approximate surface area is 111 Å². The number of ketones is 1. The van der Waals surface area contributed by atoms with E-state index in [9.17, 15) is 9.90 Å². The Morgan fingerprint density at radius 2 is 1.31 bits per heavy atom. The average molecular weight is 395 g/mol.